The van der Waals surface area contributed by atoms with Gasteiger partial charge in [0.15, 0.2) is 9.84 Å². The van der Waals surface area contributed by atoms with Crippen LogP contribution in [0.3, 0.4) is 0 Å². The number of methoxy groups -OCH3 is 1. The average Bonchev–Trinajstić information content (AvgIpc) is 2.21. The second kappa shape index (κ2) is 4.94. The van der Waals surface area contributed by atoms with Crippen LogP contribution in [0, 0.1) is 5.41 Å². The first kappa shape index (κ1) is 14.4. The topological polar surface area (TPSA) is 86.5 Å². The lowest BCUT2D eigenvalue weighted by molar-refractivity contribution is -0.137. The van der Waals surface area contributed by atoms with Gasteiger partial charge < -0.3 is 10.5 Å². The molecule has 5 nitrogen and oxygen atoms in total. The molecule has 17 heavy (non-hydrogen) atoms. The van der Waals surface area contributed by atoms with Crippen LogP contribution in [0.15, 0.2) is 0 Å². The minimum atomic E-state index is -3.51. The molecule has 2 atom stereocenters. The van der Waals surface area contributed by atoms with Crippen LogP contribution in [0.2, 0.25) is 0 Å². The van der Waals surface area contributed by atoms with E-state index in [2.05, 4.69) is 4.74 Å². The minimum absolute atomic E-state index is 0.0380. The maximum atomic E-state index is 12.1. The molecule has 1 fully saturated rings. The number of sulfone groups is 1. The van der Waals surface area contributed by atoms with E-state index in [1.54, 1.807) is 0 Å². The first-order valence-corrected chi connectivity index (χ1v) is 7.43. The molecule has 0 aromatic rings. The predicted octanol–water partition coefficient (Wildman–Crippen LogP) is 0.480. The molecule has 0 aromatic carbocycles. The second-order valence-electron chi connectivity index (χ2n) is 5.49. The van der Waals surface area contributed by atoms with Crippen molar-refractivity contribution in [3.05, 3.63) is 0 Å². The van der Waals surface area contributed by atoms with Crippen molar-refractivity contribution in [3.63, 3.8) is 0 Å². The molecule has 6 heteroatoms. The average molecular weight is 263 g/mol. The third-order valence-corrected chi connectivity index (χ3v) is 5.47. The van der Waals surface area contributed by atoms with Crippen molar-refractivity contribution in [2.24, 2.45) is 11.1 Å². The molecule has 0 heterocycles. The Hall–Kier alpha value is -0.620. The van der Waals surface area contributed by atoms with Gasteiger partial charge >= 0.3 is 5.97 Å². The third kappa shape index (κ3) is 3.67. The van der Waals surface area contributed by atoms with Gasteiger partial charge in [0.1, 0.15) is 5.75 Å². The van der Waals surface area contributed by atoms with Crippen LogP contribution < -0.4 is 5.73 Å². The summed E-state index contributed by atoms with van der Waals surface area (Å²) in [4.78, 5) is 11.1. The van der Waals surface area contributed by atoms with Gasteiger partial charge in [-0.05, 0) is 24.7 Å². The van der Waals surface area contributed by atoms with E-state index in [-0.39, 0.29) is 11.5 Å². The number of carbonyl (C=O) groups excluding carboxylic acids is 1. The van der Waals surface area contributed by atoms with Crippen LogP contribution in [-0.4, -0.2) is 38.5 Å². The number of esters is 1. The maximum Gasteiger partial charge on any atom is 0.320 e. The lowest BCUT2D eigenvalue weighted by Gasteiger charge is -2.38. The summed E-state index contributed by atoms with van der Waals surface area (Å²) in [7, 11) is -2.33. The maximum absolute atomic E-state index is 12.1. The zero-order chi connectivity index (χ0) is 13.3. The number of hydrogen-bond acceptors (Lipinski definition) is 5. The van der Waals surface area contributed by atoms with E-state index in [0.717, 1.165) is 6.42 Å². The molecule has 0 amide bonds. The predicted molar refractivity (Wildman–Crippen MR) is 65.2 cm³/mol. The van der Waals surface area contributed by atoms with Gasteiger partial charge in [0.05, 0.1) is 12.4 Å². The van der Waals surface area contributed by atoms with Gasteiger partial charge in [-0.2, -0.15) is 0 Å². The molecule has 0 saturated heterocycles. The lowest BCUT2D eigenvalue weighted by atomic mass is 9.75. The van der Waals surface area contributed by atoms with E-state index in [9.17, 15) is 13.2 Å². The summed E-state index contributed by atoms with van der Waals surface area (Å²) < 4.78 is 28.5. The van der Waals surface area contributed by atoms with Crippen LogP contribution >= 0.6 is 0 Å². The van der Waals surface area contributed by atoms with Crippen molar-refractivity contribution < 1.29 is 17.9 Å². The van der Waals surface area contributed by atoms with Gasteiger partial charge in [0, 0.05) is 6.04 Å². The Labute approximate surface area is 103 Å². The summed E-state index contributed by atoms with van der Waals surface area (Å²) in [5.74, 6) is -1.29. The van der Waals surface area contributed by atoms with Crippen LogP contribution in [0.1, 0.15) is 33.1 Å². The Bertz CT molecular complexity index is 388. The van der Waals surface area contributed by atoms with Crippen LogP contribution in [0.4, 0.5) is 0 Å². The third-order valence-electron chi connectivity index (χ3n) is 3.39. The van der Waals surface area contributed by atoms with Crippen molar-refractivity contribution in [2.75, 3.05) is 12.9 Å². The van der Waals surface area contributed by atoms with Crippen LogP contribution in [0.25, 0.3) is 0 Å². The first-order valence-electron chi connectivity index (χ1n) is 5.72. The summed E-state index contributed by atoms with van der Waals surface area (Å²) in [5.41, 5.74) is 5.83. The molecule has 1 aliphatic rings. The molecule has 0 bridgehead atoms. The molecule has 100 valence electrons. The van der Waals surface area contributed by atoms with E-state index in [0.29, 0.717) is 12.8 Å². The van der Waals surface area contributed by atoms with Crippen LogP contribution in [-0.2, 0) is 19.4 Å². The van der Waals surface area contributed by atoms with Crippen LogP contribution in [0.5, 0.6) is 0 Å². The molecule has 0 radical (unpaired) electrons. The smallest absolute Gasteiger partial charge is 0.320 e. The monoisotopic (exact) mass is 263 g/mol. The Morgan fingerprint density at radius 1 is 1.47 bits per heavy atom. The molecule has 1 saturated carbocycles. The molecule has 0 aromatic heterocycles. The molecule has 0 spiro atoms. The fourth-order valence-electron chi connectivity index (χ4n) is 2.26. The van der Waals surface area contributed by atoms with Crippen molar-refractivity contribution in [1.29, 1.82) is 0 Å². The van der Waals surface area contributed by atoms with Gasteiger partial charge in [0.25, 0.3) is 0 Å². The van der Waals surface area contributed by atoms with Crippen molar-refractivity contribution in [1.82, 2.24) is 0 Å². The highest BCUT2D eigenvalue weighted by Gasteiger charge is 2.41. The molecule has 1 rings (SSSR count). The molecule has 2 unspecified atom stereocenters. The van der Waals surface area contributed by atoms with E-state index in [1.165, 1.54) is 7.11 Å². The van der Waals surface area contributed by atoms with Crippen molar-refractivity contribution in [3.8, 4) is 0 Å². The number of carbonyl (C=O) groups is 1. The summed E-state index contributed by atoms with van der Waals surface area (Å²) in [6.45, 7) is 4.05. The summed E-state index contributed by atoms with van der Waals surface area (Å²) in [6.07, 6.45) is 2.10. The van der Waals surface area contributed by atoms with E-state index >= 15 is 0 Å². The van der Waals surface area contributed by atoms with E-state index < -0.39 is 26.8 Å². The number of hydrogen-bond donors (Lipinski definition) is 1. The zero-order valence-corrected chi connectivity index (χ0v) is 11.4. The summed E-state index contributed by atoms with van der Waals surface area (Å²) in [5, 5.41) is -0.634. The summed E-state index contributed by atoms with van der Waals surface area (Å²) >= 11 is 0. The molecular formula is C11H21NO4S. The lowest BCUT2D eigenvalue weighted by Crippen LogP contribution is -2.48. The molecule has 0 aliphatic heterocycles. The standard InChI is InChI=1S/C11H21NO4S/c1-11(2)5-4-8(12)9(6-11)17(14,15)7-10(13)16-3/h8-9H,4-7,12H2,1-3H3. The van der Waals surface area contributed by atoms with Gasteiger partial charge in [-0.1, -0.05) is 13.8 Å². The highest BCUT2D eigenvalue weighted by atomic mass is 32.2. The summed E-state index contributed by atoms with van der Waals surface area (Å²) in [6, 6.07) is -0.377. The second-order valence-corrected chi connectivity index (χ2v) is 7.71. The molecular weight excluding hydrogens is 242 g/mol. The normalized spacial score (nSPS) is 28.7. The Balaban J connectivity index is 2.85. The molecule has 1 aliphatic carbocycles. The fourth-order valence-corrected chi connectivity index (χ4v) is 4.30. The quantitative estimate of drug-likeness (QED) is 0.748. The zero-order valence-electron chi connectivity index (χ0n) is 10.6. The highest BCUT2D eigenvalue weighted by molar-refractivity contribution is 7.92. The van der Waals surface area contributed by atoms with E-state index in [1.807, 2.05) is 13.8 Å². The Morgan fingerprint density at radius 3 is 2.59 bits per heavy atom. The number of nitrogens with two attached hydrogens (primary N) is 1. The van der Waals surface area contributed by atoms with Crippen molar-refractivity contribution in [2.45, 2.75) is 44.4 Å². The van der Waals surface area contributed by atoms with Crippen molar-refractivity contribution >= 4 is 15.8 Å². The van der Waals surface area contributed by atoms with Gasteiger partial charge in [-0.15, -0.1) is 0 Å². The molecule has 2 N–H and O–H groups in total. The Morgan fingerprint density at radius 2 is 2.06 bits per heavy atom. The first-order chi connectivity index (χ1) is 7.68. The number of rotatable bonds is 3. The minimum Gasteiger partial charge on any atom is -0.468 e. The highest BCUT2D eigenvalue weighted by Crippen LogP contribution is 2.37. The number of ether oxygens (including phenoxy) is 1. The van der Waals surface area contributed by atoms with E-state index in [4.69, 9.17) is 5.73 Å². The largest absolute Gasteiger partial charge is 0.468 e. The van der Waals surface area contributed by atoms with Gasteiger partial charge in [-0.3, -0.25) is 4.79 Å². The fraction of sp³-hybridized carbons (Fsp3) is 0.909. The Kier molecular flexibility index (Phi) is 4.19. The van der Waals surface area contributed by atoms with Gasteiger partial charge in [-0.25, -0.2) is 8.42 Å². The SMILES string of the molecule is COC(=O)CS(=O)(=O)C1CC(C)(C)CCC1N. The van der Waals surface area contributed by atoms with Gasteiger partial charge in [0.2, 0.25) is 0 Å².